The number of nitrogens with zero attached hydrogens (tertiary/aromatic N) is 1. The van der Waals surface area contributed by atoms with Gasteiger partial charge >= 0.3 is 5.97 Å². The third kappa shape index (κ3) is 2.18. The van der Waals surface area contributed by atoms with Crippen molar-refractivity contribution in [2.75, 3.05) is 13.1 Å². The number of rotatable bonds is 2. The minimum Gasteiger partial charge on any atom is -0.481 e. The molecule has 21 heavy (non-hydrogen) atoms. The summed E-state index contributed by atoms with van der Waals surface area (Å²) in [5.74, 6) is 1.50. The molecule has 0 unspecified atom stereocenters. The number of hydrogen-bond acceptors (Lipinski definition) is 2. The van der Waals surface area contributed by atoms with Crippen LogP contribution in [-0.2, 0) is 9.59 Å². The number of carboxylic acid groups (broad SMARTS) is 1. The van der Waals surface area contributed by atoms with Crippen LogP contribution in [0.5, 0.6) is 0 Å². The quantitative estimate of drug-likeness (QED) is 0.850. The van der Waals surface area contributed by atoms with Crippen molar-refractivity contribution in [2.24, 2.45) is 29.1 Å². The van der Waals surface area contributed by atoms with Gasteiger partial charge < -0.3 is 10.0 Å². The summed E-state index contributed by atoms with van der Waals surface area (Å²) in [5, 5.41) is 9.23. The Morgan fingerprint density at radius 1 is 1.00 bits per heavy atom. The molecule has 0 aromatic carbocycles. The average Bonchev–Trinajstić information content (AvgIpc) is 2.45. The topological polar surface area (TPSA) is 57.6 Å². The zero-order chi connectivity index (χ0) is 14.6. The number of hydrogen-bond donors (Lipinski definition) is 1. The zero-order valence-corrected chi connectivity index (χ0v) is 12.6. The minimum absolute atomic E-state index is 0.116. The largest absolute Gasteiger partial charge is 0.481 e. The maximum absolute atomic E-state index is 13.2. The standard InChI is InChI=1S/C17H25NO3/c19-15(20)14-2-1-3-18(10-14)16(21)17-7-11-4-12(8-17)6-13(5-11)9-17/h11-14H,1-10H2,(H,19,20)/t11?,12?,13?,14-,17?/m1/s1. The molecule has 0 aromatic rings. The van der Waals surface area contributed by atoms with Crippen molar-refractivity contribution in [3.05, 3.63) is 0 Å². The van der Waals surface area contributed by atoms with E-state index in [9.17, 15) is 14.7 Å². The molecule has 1 N–H and O–H groups in total. The highest BCUT2D eigenvalue weighted by Crippen LogP contribution is 2.60. The first kappa shape index (κ1) is 13.6. The molecule has 4 bridgehead atoms. The van der Waals surface area contributed by atoms with Gasteiger partial charge in [0.05, 0.1) is 11.3 Å². The van der Waals surface area contributed by atoms with E-state index in [2.05, 4.69) is 0 Å². The number of likely N-dealkylation sites (tertiary alicyclic amines) is 1. The predicted octanol–water partition coefficient (Wildman–Crippen LogP) is 2.53. The molecule has 5 aliphatic rings. The maximum Gasteiger partial charge on any atom is 0.308 e. The van der Waals surface area contributed by atoms with Crippen LogP contribution in [0.15, 0.2) is 0 Å². The molecule has 0 radical (unpaired) electrons. The van der Waals surface area contributed by atoms with Gasteiger partial charge in [0.25, 0.3) is 0 Å². The molecule has 4 aliphatic carbocycles. The highest BCUT2D eigenvalue weighted by molar-refractivity contribution is 5.84. The fraction of sp³-hybridized carbons (Fsp3) is 0.882. The van der Waals surface area contributed by atoms with Gasteiger partial charge in [0, 0.05) is 13.1 Å². The summed E-state index contributed by atoms with van der Waals surface area (Å²) in [5.41, 5.74) is -0.116. The molecule has 0 spiro atoms. The summed E-state index contributed by atoms with van der Waals surface area (Å²) in [6, 6.07) is 0. The SMILES string of the molecule is O=C(O)[C@@H]1CCCN(C(=O)C23CC4CC(CC(C4)C2)C3)C1. The minimum atomic E-state index is -0.738. The van der Waals surface area contributed by atoms with Gasteiger partial charge in [-0.25, -0.2) is 0 Å². The lowest BCUT2D eigenvalue weighted by Crippen LogP contribution is -2.56. The van der Waals surface area contributed by atoms with Gasteiger partial charge in [-0.3, -0.25) is 9.59 Å². The van der Waals surface area contributed by atoms with Crippen LogP contribution in [0.2, 0.25) is 0 Å². The molecule has 1 atom stereocenters. The van der Waals surface area contributed by atoms with Crippen molar-refractivity contribution in [2.45, 2.75) is 51.4 Å². The van der Waals surface area contributed by atoms with Crippen molar-refractivity contribution in [1.29, 1.82) is 0 Å². The van der Waals surface area contributed by atoms with Crippen LogP contribution in [-0.4, -0.2) is 35.0 Å². The Morgan fingerprint density at radius 3 is 2.10 bits per heavy atom. The number of piperidine rings is 1. The summed E-state index contributed by atoms with van der Waals surface area (Å²) < 4.78 is 0. The van der Waals surface area contributed by atoms with Gasteiger partial charge in [-0.2, -0.15) is 0 Å². The lowest BCUT2D eigenvalue weighted by molar-refractivity contribution is -0.161. The van der Waals surface area contributed by atoms with Gasteiger partial charge in [-0.05, 0) is 69.1 Å². The molecular formula is C17H25NO3. The van der Waals surface area contributed by atoms with E-state index in [1.54, 1.807) is 0 Å². The van der Waals surface area contributed by atoms with E-state index in [1.807, 2.05) is 4.90 Å². The predicted molar refractivity (Wildman–Crippen MR) is 77.5 cm³/mol. The molecule has 5 fully saturated rings. The number of amides is 1. The van der Waals surface area contributed by atoms with Crippen molar-refractivity contribution >= 4 is 11.9 Å². The van der Waals surface area contributed by atoms with Crippen molar-refractivity contribution in [1.82, 2.24) is 4.90 Å². The molecule has 0 aromatic heterocycles. The van der Waals surface area contributed by atoms with E-state index in [-0.39, 0.29) is 11.3 Å². The van der Waals surface area contributed by atoms with E-state index >= 15 is 0 Å². The van der Waals surface area contributed by atoms with Gasteiger partial charge in [-0.1, -0.05) is 0 Å². The van der Waals surface area contributed by atoms with Crippen LogP contribution in [0.3, 0.4) is 0 Å². The lowest BCUT2D eigenvalue weighted by Gasteiger charge is -2.57. The molecule has 4 heteroatoms. The fourth-order valence-corrected chi connectivity index (χ4v) is 6.07. The van der Waals surface area contributed by atoms with Crippen molar-refractivity contribution in [3.8, 4) is 0 Å². The zero-order valence-electron chi connectivity index (χ0n) is 12.6. The normalized spacial score (nSPS) is 44.9. The molecule has 5 rings (SSSR count). The Morgan fingerprint density at radius 2 is 1.57 bits per heavy atom. The van der Waals surface area contributed by atoms with E-state index in [1.165, 1.54) is 19.3 Å². The second-order valence-electron chi connectivity index (χ2n) is 8.13. The number of aliphatic carboxylic acids is 1. The van der Waals surface area contributed by atoms with Gasteiger partial charge in [0.15, 0.2) is 0 Å². The van der Waals surface area contributed by atoms with E-state index < -0.39 is 5.97 Å². The third-order valence-corrected chi connectivity index (χ3v) is 6.55. The first-order valence-corrected chi connectivity index (χ1v) is 8.58. The molecule has 1 heterocycles. The highest BCUT2D eigenvalue weighted by atomic mass is 16.4. The van der Waals surface area contributed by atoms with Crippen LogP contribution in [0, 0.1) is 29.1 Å². The Labute approximate surface area is 125 Å². The van der Waals surface area contributed by atoms with Gasteiger partial charge in [0.1, 0.15) is 0 Å². The summed E-state index contributed by atoms with van der Waals surface area (Å²) >= 11 is 0. The second-order valence-corrected chi connectivity index (χ2v) is 8.13. The molecule has 116 valence electrons. The Kier molecular flexibility index (Phi) is 3.05. The fourth-order valence-electron chi connectivity index (χ4n) is 6.07. The maximum atomic E-state index is 13.2. The lowest BCUT2D eigenvalue weighted by atomic mass is 9.49. The van der Waals surface area contributed by atoms with Crippen LogP contribution < -0.4 is 0 Å². The molecule has 4 saturated carbocycles. The Balaban J connectivity index is 1.53. The Bertz CT molecular complexity index is 437. The summed E-state index contributed by atoms with van der Waals surface area (Å²) in [7, 11) is 0. The first-order valence-electron chi connectivity index (χ1n) is 8.58. The molecule has 1 amide bonds. The Hall–Kier alpha value is -1.06. The average molecular weight is 291 g/mol. The number of carbonyl (C=O) groups is 2. The van der Waals surface area contributed by atoms with E-state index in [4.69, 9.17) is 0 Å². The van der Waals surface area contributed by atoms with E-state index in [0.717, 1.165) is 56.4 Å². The third-order valence-electron chi connectivity index (χ3n) is 6.55. The van der Waals surface area contributed by atoms with Crippen LogP contribution >= 0.6 is 0 Å². The van der Waals surface area contributed by atoms with Crippen LogP contribution in [0.4, 0.5) is 0 Å². The summed E-state index contributed by atoms with van der Waals surface area (Å²) in [6.07, 6.45) is 8.80. The smallest absolute Gasteiger partial charge is 0.308 e. The monoisotopic (exact) mass is 291 g/mol. The molecular weight excluding hydrogens is 266 g/mol. The molecule has 4 nitrogen and oxygen atoms in total. The summed E-state index contributed by atoms with van der Waals surface area (Å²) in [6.45, 7) is 1.21. The van der Waals surface area contributed by atoms with Crippen molar-refractivity contribution in [3.63, 3.8) is 0 Å². The second kappa shape index (κ2) is 4.72. The summed E-state index contributed by atoms with van der Waals surface area (Å²) in [4.78, 5) is 26.3. The number of carboxylic acids is 1. The van der Waals surface area contributed by atoms with Crippen molar-refractivity contribution < 1.29 is 14.7 Å². The first-order chi connectivity index (χ1) is 10.1. The van der Waals surface area contributed by atoms with E-state index in [0.29, 0.717) is 12.5 Å². The number of carbonyl (C=O) groups excluding carboxylic acids is 1. The van der Waals surface area contributed by atoms with Crippen LogP contribution in [0.25, 0.3) is 0 Å². The molecule has 1 aliphatic heterocycles. The van der Waals surface area contributed by atoms with Gasteiger partial charge in [-0.15, -0.1) is 0 Å². The highest BCUT2D eigenvalue weighted by Gasteiger charge is 2.55. The van der Waals surface area contributed by atoms with Gasteiger partial charge in [0.2, 0.25) is 5.91 Å². The van der Waals surface area contributed by atoms with Crippen LogP contribution in [0.1, 0.15) is 51.4 Å². The molecule has 1 saturated heterocycles.